The summed E-state index contributed by atoms with van der Waals surface area (Å²) in [4.78, 5) is 43.4. The Labute approximate surface area is 207 Å². The van der Waals surface area contributed by atoms with Crippen molar-refractivity contribution in [2.45, 2.75) is 0 Å². The molecule has 0 saturated carbocycles. The molecule has 0 bridgehead atoms. The molecule has 1 aromatic heterocycles. The topological polar surface area (TPSA) is 88.6 Å². The first kappa shape index (κ1) is 23.9. The number of halogens is 1. The number of amides is 2. The van der Waals surface area contributed by atoms with Gasteiger partial charge in [-0.05, 0) is 48.5 Å². The van der Waals surface area contributed by atoms with Crippen LogP contribution in [0.4, 0.5) is 5.69 Å². The van der Waals surface area contributed by atoms with Crippen molar-refractivity contribution in [3.8, 4) is 11.3 Å². The zero-order valence-corrected chi connectivity index (χ0v) is 19.9. The Morgan fingerprint density at radius 3 is 2.31 bits per heavy atom. The second-order valence-electron chi connectivity index (χ2n) is 7.98. The molecule has 2 amide bonds. The molecule has 0 spiro atoms. The Hall–Kier alpha value is -4.23. The summed E-state index contributed by atoms with van der Waals surface area (Å²) in [6, 6.07) is 22.5. The number of carbonyl (C=O) groups excluding carboxylic acids is 3. The highest BCUT2D eigenvalue weighted by atomic mass is 35.5. The molecule has 7 nitrogen and oxygen atoms in total. The van der Waals surface area contributed by atoms with Crippen LogP contribution in [0, 0.1) is 0 Å². The normalized spacial score (nSPS) is 10.6. The number of anilines is 1. The summed E-state index contributed by atoms with van der Waals surface area (Å²) in [5.41, 5.74) is 3.30. The minimum atomic E-state index is -0.638. The van der Waals surface area contributed by atoms with Gasteiger partial charge in [0, 0.05) is 41.3 Å². The lowest BCUT2D eigenvalue weighted by Gasteiger charge is -2.12. The van der Waals surface area contributed by atoms with E-state index in [4.69, 9.17) is 16.3 Å². The molecule has 0 aliphatic rings. The first-order valence-electron chi connectivity index (χ1n) is 10.8. The van der Waals surface area contributed by atoms with Crippen LogP contribution in [-0.4, -0.2) is 48.4 Å². The number of hydrogen-bond donors (Lipinski definition) is 1. The van der Waals surface area contributed by atoms with Crippen LogP contribution in [0.25, 0.3) is 22.2 Å². The third kappa shape index (κ3) is 5.65. The number of fused-ring (bicyclic) bond motifs is 1. The molecule has 176 valence electrons. The van der Waals surface area contributed by atoms with Gasteiger partial charge in [0.15, 0.2) is 6.61 Å². The molecule has 8 heteroatoms. The van der Waals surface area contributed by atoms with Crippen LogP contribution >= 0.6 is 11.6 Å². The van der Waals surface area contributed by atoms with Gasteiger partial charge in [0.05, 0.1) is 16.8 Å². The molecular formula is C27H22ClN3O4. The fourth-order valence-electron chi connectivity index (χ4n) is 3.47. The molecule has 4 aromatic rings. The van der Waals surface area contributed by atoms with Crippen LogP contribution in [0.2, 0.25) is 5.02 Å². The number of ether oxygens (including phenoxy) is 1. The van der Waals surface area contributed by atoms with Crippen molar-refractivity contribution in [3.05, 3.63) is 95.0 Å². The van der Waals surface area contributed by atoms with E-state index in [9.17, 15) is 14.4 Å². The Morgan fingerprint density at radius 1 is 0.943 bits per heavy atom. The largest absolute Gasteiger partial charge is 0.452 e. The molecule has 0 aliphatic heterocycles. The smallest absolute Gasteiger partial charge is 0.339 e. The van der Waals surface area contributed by atoms with Gasteiger partial charge >= 0.3 is 5.97 Å². The van der Waals surface area contributed by atoms with Gasteiger partial charge in [0.25, 0.3) is 11.8 Å². The summed E-state index contributed by atoms with van der Waals surface area (Å²) in [5.74, 6) is -1.28. The SMILES string of the molecule is CN(C)C(=O)c1ccc(NC(=O)COC(=O)c2cc(-c3ccc(Cl)cc3)nc3ccccc23)cc1. The lowest BCUT2D eigenvalue weighted by Crippen LogP contribution is -2.22. The minimum Gasteiger partial charge on any atom is -0.452 e. The highest BCUT2D eigenvalue weighted by molar-refractivity contribution is 6.30. The summed E-state index contributed by atoms with van der Waals surface area (Å²) in [7, 11) is 3.33. The summed E-state index contributed by atoms with van der Waals surface area (Å²) in [6.45, 7) is -0.468. The summed E-state index contributed by atoms with van der Waals surface area (Å²) in [5, 5.41) is 3.88. The van der Waals surface area contributed by atoms with Gasteiger partial charge in [-0.15, -0.1) is 0 Å². The summed E-state index contributed by atoms with van der Waals surface area (Å²) < 4.78 is 5.31. The number of nitrogens with zero attached hydrogens (tertiary/aromatic N) is 2. The number of para-hydroxylation sites is 1. The number of esters is 1. The predicted octanol–water partition coefficient (Wildman–Crippen LogP) is 5.05. The van der Waals surface area contributed by atoms with Gasteiger partial charge in [-0.3, -0.25) is 9.59 Å². The van der Waals surface area contributed by atoms with Crippen LogP contribution in [0.15, 0.2) is 78.9 Å². The number of rotatable bonds is 6. The lowest BCUT2D eigenvalue weighted by molar-refractivity contribution is -0.119. The molecule has 35 heavy (non-hydrogen) atoms. The van der Waals surface area contributed by atoms with Crippen LogP contribution < -0.4 is 5.32 Å². The molecule has 0 atom stereocenters. The number of hydrogen-bond acceptors (Lipinski definition) is 5. The Bertz CT molecular complexity index is 1400. The van der Waals surface area contributed by atoms with E-state index in [2.05, 4.69) is 10.3 Å². The van der Waals surface area contributed by atoms with Gasteiger partial charge in [-0.2, -0.15) is 0 Å². The maximum absolute atomic E-state index is 12.9. The molecule has 0 fully saturated rings. The zero-order chi connectivity index (χ0) is 24.9. The van der Waals surface area contributed by atoms with E-state index < -0.39 is 18.5 Å². The third-order valence-corrected chi connectivity index (χ3v) is 5.48. The molecule has 1 heterocycles. The van der Waals surface area contributed by atoms with Crippen molar-refractivity contribution in [1.29, 1.82) is 0 Å². The standard InChI is InChI=1S/C27H22ClN3O4/c1-31(2)26(33)18-9-13-20(14-10-18)29-25(32)16-35-27(34)22-15-24(17-7-11-19(28)12-8-17)30-23-6-4-3-5-21(22)23/h3-15H,16H2,1-2H3,(H,29,32). The van der Waals surface area contributed by atoms with E-state index in [1.807, 2.05) is 24.3 Å². The van der Waals surface area contributed by atoms with Gasteiger partial charge in [0.1, 0.15) is 0 Å². The van der Waals surface area contributed by atoms with Crippen molar-refractivity contribution in [3.63, 3.8) is 0 Å². The van der Waals surface area contributed by atoms with Gasteiger partial charge in [0.2, 0.25) is 0 Å². The molecule has 0 saturated heterocycles. The van der Waals surface area contributed by atoms with E-state index in [0.717, 1.165) is 5.56 Å². The Morgan fingerprint density at radius 2 is 1.63 bits per heavy atom. The number of pyridine rings is 1. The van der Waals surface area contributed by atoms with E-state index in [1.54, 1.807) is 68.7 Å². The first-order chi connectivity index (χ1) is 16.8. The van der Waals surface area contributed by atoms with Crippen LogP contribution in [0.3, 0.4) is 0 Å². The molecule has 0 aliphatic carbocycles. The molecule has 4 rings (SSSR count). The molecule has 3 aromatic carbocycles. The molecular weight excluding hydrogens is 466 g/mol. The van der Waals surface area contributed by atoms with E-state index in [1.165, 1.54) is 4.90 Å². The molecule has 1 N–H and O–H groups in total. The maximum Gasteiger partial charge on any atom is 0.339 e. The second-order valence-corrected chi connectivity index (χ2v) is 8.42. The fraction of sp³-hybridized carbons (Fsp3) is 0.111. The van der Waals surface area contributed by atoms with Gasteiger partial charge < -0.3 is 15.0 Å². The van der Waals surface area contributed by atoms with Crippen LogP contribution in [-0.2, 0) is 9.53 Å². The molecule has 0 unspecified atom stereocenters. The van der Waals surface area contributed by atoms with Crippen LogP contribution in [0.5, 0.6) is 0 Å². The van der Waals surface area contributed by atoms with Crippen molar-refractivity contribution in [2.75, 3.05) is 26.0 Å². The van der Waals surface area contributed by atoms with E-state index in [-0.39, 0.29) is 5.91 Å². The first-order valence-corrected chi connectivity index (χ1v) is 11.1. The van der Waals surface area contributed by atoms with E-state index >= 15 is 0 Å². The monoisotopic (exact) mass is 487 g/mol. The number of aromatic nitrogens is 1. The summed E-state index contributed by atoms with van der Waals surface area (Å²) in [6.07, 6.45) is 0. The quantitative estimate of drug-likeness (QED) is 0.384. The van der Waals surface area contributed by atoms with Crippen LogP contribution in [0.1, 0.15) is 20.7 Å². The fourth-order valence-corrected chi connectivity index (χ4v) is 3.60. The highest BCUT2D eigenvalue weighted by Gasteiger charge is 2.17. The van der Waals surface area contributed by atoms with Gasteiger partial charge in [-0.25, -0.2) is 9.78 Å². The molecule has 0 radical (unpaired) electrons. The number of carbonyl (C=O) groups is 3. The lowest BCUT2D eigenvalue weighted by atomic mass is 10.0. The summed E-state index contributed by atoms with van der Waals surface area (Å²) >= 11 is 5.99. The van der Waals surface area contributed by atoms with Crippen molar-refractivity contribution in [2.24, 2.45) is 0 Å². The zero-order valence-electron chi connectivity index (χ0n) is 19.1. The average molecular weight is 488 g/mol. The van der Waals surface area contributed by atoms with Crippen molar-refractivity contribution in [1.82, 2.24) is 9.88 Å². The number of benzene rings is 3. The Balaban J connectivity index is 1.48. The van der Waals surface area contributed by atoms with E-state index in [0.29, 0.717) is 38.4 Å². The minimum absolute atomic E-state index is 0.139. The highest BCUT2D eigenvalue weighted by Crippen LogP contribution is 2.26. The van der Waals surface area contributed by atoms with Crippen molar-refractivity contribution < 1.29 is 19.1 Å². The van der Waals surface area contributed by atoms with Crippen molar-refractivity contribution >= 4 is 46.0 Å². The van der Waals surface area contributed by atoms with Gasteiger partial charge in [-0.1, -0.05) is 41.9 Å². The third-order valence-electron chi connectivity index (χ3n) is 5.23. The second kappa shape index (κ2) is 10.4. The number of nitrogens with one attached hydrogen (secondary N) is 1. The average Bonchev–Trinajstić information content (AvgIpc) is 2.87. The Kier molecular flexibility index (Phi) is 7.08. The predicted molar refractivity (Wildman–Crippen MR) is 136 cm³/mol. The maximum atomic E-state index is 12.9.